The quantitative estimate of drug-likeness (QED) is 0.554. The summed E-state index contributed by atoms with van der Waals surface area (Å²) in [4.78, 5) is 11.2. The van der Waals surface area contributed by atoms with Gasteiger partial charge in [0.05, 0.1) is 12.5 Å². The largest absolute Gasteiger partial charge is 0.482 e. The highest BCUT2D eigenvalue weighted by Gasteiger charge is 2.69. The van der Waals surface area contributed by atoms with Crippen LogP contribution >= 0.6 is 23.2 Å². The van der Waals surface area contributed by atoms with Gasteiger partial charge in [-0.2, -0.15) is 0 Å². The average molecular weight is 387 g/mol. The van der Waals surface area contributed by atoms with Gasteiger partial charge in [0.1, 0.15) is 23.2 Å². The summed E-state index contributed by atoms with van der Waals surface area (Å²) >= 11 is 13.0. The molecule has 0 saturated carbocycles. The molecule has 8 heteroatoms. The van der Waals surface area contributed by atoms with Gasteiger partial charge in [-0.15, -0.1) is 0 Å². The number of Topliss-reactive ketones (excluding diaryl/α,β-unsaturated/α-hetero) is 1. The molecular weight excluding hydrogens is 371 g/mol. The topological polar surface area (TPSA) is 71.0 Å². The Bertz CT molecular complexity index is 803. The maximum absolute atomic E-state index is 13.0. The Hall–Kier alpha value is -1.73. The van der Waals surface area contributed by atoms with E-state index < -0.39 is 16.4 Å². The number of ketones is 1. The lowest BCUT2D eigenvalue weighted by Gasteiger charge is -2.38. The first-order chi connectivity index (χ1) is 11.9. The van der Waals surface area contributed by atoms with Crippen molar-refractivity contribution in [2.24, 2.45) is 0 Å². The number of aryl methyl sites for hydroxylation is 1. The molecule has 3 rings (SSSR count). The monoisotopic (exact) mass is 386 g/mol. The van der Waals surface area contributed by atoms with Crippen LogP contribution in [0.2, 0.25) is 0 Å². The van der Waals surface area contributed by atoms with E-state index in [1.807, 2.05) is 0 Å². The summed E-state index contributed by atoms with van der Waals surface area (Å²) in [6.45, 7) is 1.70. The fraction of sp³-hybridized carbons (Fsp3) is 0.353. The van der Waals surface area contributed by atoms with Gasteiger partial charge in [0.15, 0.2) is 10.6 Å². The lowest BCUT2D eigenvalue weighted by molar-refractivity contribution is -0.220. The number of rotatable bonds is 6. The molecule has 0 radical (unpaired) electrons. The number of alkyl halides is 1. The van der Waals surface area contributed by atoms with Crippen molar-refractivity contribution in [2.75, 3.05) is 14.2 Å². The smallest absolute Gasteiger partial charge is 0.261 e. The summed E-state index contributed by atoms with van der Waals surface area (Å²) in [5.41, 5.74) is 0.387. The van der Waals surface area contributed by atoms with Crippen LogP contribution in [-0.2, 0) is 30.5 Å². The first-order valence-electron chi connectivity index (χ1n) is 7.36. The van der Waals surface area contributed by atoms with Crippen LogP contribution < -0.4 is 0 Å². The van der Waals surface area contributed by atoms with Crippen LogP contribution in [0.3, 0.4) is 0 Å². The van der Waals surface area contributed by atoms with Gasteiger partial charge in [-0.25, -0.2) is 0 Å². The molecule has 0 N–H and O–H groups in total. The molecule has 2 aromatic rings. The molecule has 1 atom stereocenters. The molecule has 0 aliphatic heterocycles. The number of carbonyl (C=O) groups is 1. The molecule has 0 amide bonds. The van der Waals surface area contributed by atoms with Crippen LogP contribution in [0.25, 0.3) is 0 Å². The molecule has 2 aromatic heterocycles. The van der Waals surface area contributed by atoms with Crippen molar-refractivity contribution in [3.63, 3.8) is 0 Å². The Kier molecular flexibility index (Phi) is 4.72. The third kappa shape index (κ3) is 2.44. The van der Waals surface area contributed by atoms with E-state index in [0.717, 1.165) is 0 Å². The van der Waals surface area contributed by atoms with E-state index in [1.54, 1.807) is 25.1 Å². The molecule has 6 nitrogen and oxygen atoms in total. The van der Waals surface area contributed by atoms with Gasteiger partial charge < -0.3 is 23.0 Å². The van der Waals surface area contributed by atoms with E-state index in [2.05, 4.69) is 0 Å². The zero-order valence-electron chi connectivity index (χ0n) is 13.8. The maximum Gasteiger partial charge on any atom is 0.261 e. The summed E-state index contributed by atoms with van der Waals surface area (Å²) in [6.07, 6.45) is 2.93. The second kappa shape index (κ2) is 6.53. The molecule has 1 aliphatic rings. The van der Waals surface area contributed by atoms with E-state index in [-0.39, 0.29) is 17.4 Å². The average Bonchev–Trinajstić information content (AvgIpc) is 3.31. The zero-order valence-corrected chi connectivity index (χ0v) is 15.3. The Morgan fingerprint density at radius 2 is 1.88 bits per heavy atom. The first-order valence-corrected chi connectivity index (χ1v) is 8.12. The SMILES string of the molecule is COC1(OC)C(OCc2ccco2)=C(Cl)C(=O)C1(Cl)c1ccoc1C. The summed E-state index contributed by atoms with van der Waals surface area (Å²) in [7, 11) is 2.71. The molecule has 0 aromatic carbocycles. The van der Waals surface area contributed by atoms with Gasteiger partial charge in [-0.05, 0) is 25.1 Å². The highest BCUT2D eigenvalue weighted by molar-refractivity contribution is 6.52. The number of methoxy groups -OCH3 is 2. The van der Waals surface area contributed by atoms with Crippen LogP contribution in [0.4, 0.5) is 0 Å². The highest BCUT2D eigenvalue weighted by Crippen LogP contribution is 2.56. The number of carbonyl (C=O) groups excluding carboxylic acids is 1. The van der Waals surface area contributed by atoms with E-state index in [0.29, 0.717) is 17.1 Å². The second-order valence-corrected chi connectivity index (χ2v) is 6.36. The molecular formula is C17H16Cl2O6. The van der Waals surface area contributed by atoms with Crippen LogP contribution in [0.5, 0.6) is 0 Å². The molecule has 2 heterocycles. The van der Waals surface area contributed by atoms with Crippen molar-refractivity contribution in [2.45, 2.75) is 24.2 Å². The predicted molar refractivity (Wildman–Crippen MR) is 89.1 cm³/mol. The molecule has 1 aliphatic carbocycles. The van der Waals surface area contributed by atoms with E-state index in [4.69, 9.17) is 46.2 Å². The Morgan fingerprint density at radius 1 is 1.16 bits per heavy atom. The minimum absolute atomic E-state index is 0.0174. The van der Waals surface area contributed by atoms with Crippen LogP contribution in [0.1, 0.15) is 17.1 Å². The summed E-state index contributed by atoms with van der Waals surface area (Å²) in [6, 6.07) is 5.02. The van der Waals surface area contributed by atoms with E-state index in [1.165, 1.54) is 26.7 Å². The van der Waals surface area contributed by atoms with Gasteiger partial charge in [0.2, 0.25) is 5.78 Å². The standard InChI is InChI=1S/C17H16Cl2O6/c1-10-12(6-8-23-10)16(19)14(20)13(18)15(17(16,21-2)22-3)25-9-11-5-4-7-24-11/h4-8H,9H2,1-3H3. The fourth-order valence-corrected chi connectivity index (χ4v) is 3.89. The Morgan fingerprint density at radius 3 is 2.40 bits per heavy atom. The maximum atomic E-state index is 13.0. The highest BCUT2D eigenvalue weighted by atomic mass is 35.5. The lowest BCUT2D eigenvalue weighted by Crippen LogP contribution is -2.53. The molecule has 0 saturated heterocycles. The van der Waals surface area contributed by atoms with Crippen molar-refractivity contribution < 1.29 is 27.8 Å². The predicted octanol–water partition coefficient (Wildman–Crippen LogP) is 3.85. The van der Waals surface area contributed by atoms with Crippen molar-refractivity contribution in [3.05, 3.63) is 58.6 Å². The number of hydrogen-bond donors (Lipinski definition) is 0. The van der Waals surface area contributed by atoms with Gasteiger partial charge in [0, 0.05) is 19.8 Å². The fourth-order valence-electron chi connectivity index (χ4n) is 2.99. The van der Waals surface area contributed by atoms with Crippen LogP contribution in [0, 0.1) is 6.92 Å². The molecule has 0 fully saturated rings. The van der Waals surface area contributed by atoms with Crippen LogP contribution in [-0.4, -0.2) is 25.8 Å². The van der Waals surface area contributed by atoms with Gasteiger partial charge >= 0.3 is 0 Å². The number of allylic oxidation sites excluding steroid dienone is 1. The summed E-state index contributed by atoms with van der Waals surface area (Å²) < 4.78 is 27.4. The van der Waals surface area contributed by atoms with Gasteiger partial charge in [-0.3, -0.25) is 4.79 Å². The number of halogens is 2. The first kappa shape index (κ1) is 18.1. The minimum atomic E-state index is -1.79. The van der Waals surface area contributed by atoms with Gasteiger partial charge in [0.25, 0.3) is 5.79 Å². The lowest BCUT2D eigenvalue weighted by atomic mass is 9.89. The normalized spacial score (nSPS) is 22.7. The zero-order chi connectivity index (χ0) is 18.2. The second-order valence-electron chi connectivity index (χ2n) is 5.41. The van der Waals surface area contributed by atoms with Crippen molar-refractivity contribution in [3.8, 4) is 0 Å². The number of ether oxygens (including phenoxy) is 3. The Labute approximate surface area is 154 Å². The van der Waals surface area contributed by atoms with E-state index >= 15 is 0 Å². The summed E-state index contributed by atoms with van der Waals surface area (Å²) in [5, 5.41) is -0.203. The Balaban J connectivity index is 2.08. The molecule has 1 unspecified atom stereocenters. The number of furan rings is 2. The van der Waals surface area contributed by atoms with Crippen LogP contribution in [0.15, 0.2) is 50.4 Å². The third-order valence-electron chi connectivity index (χ3n) is 4.21. The third-order valence-corrected chi connectivity index (χ3v) is 5.18. The summed E-state index contributed by atoms with van der Waals surface area (Å²) in [5.74, 6) is -1.39. The molecule has 0 bridgehead atoms. The molecule has 25 heavy (non-hydrogen) atoms. The molecule has 0 spiro atoms. The van der Waals surface area contributed by atoms with Crippen molar-refractivity contribution >= 4 is 29.0 Å². The minimum Gasteiger partial charge on any atom is -0.482 e. The molecule has 134 valence electrons. The van der Waals surface area contributed by atoms with Crippen molar-refractivity contribution in [1.82, 2.24) is 0 Å². The van der Waals surface area contributed by atoms with E-state index in [9.17, 15) is 4.79 Å². The van der Waals surface area contributed by atoms with Gasteiger partial charge in [-0.1, -0.05) is 23.2 Å². The number of hydrogen-bond acceptors (Lipinski definition) is 6. The van der Waals surface area contributed by atoms with Crippen molar-refractivity contribution in [1.29, 1.82) is 0 Å².